The summed E-state index contributed by atoms with van der Waals surface area (Å²) >= 11 is 13.5. The third-order valence-corrected chi connectivity index (χ3v) is 6.62. The molecule has 1 unspecified atom stereocenters. The Bertz CT molecular complexity index is 917. The normalized spacial score (nSPS) is 18.4. The Morgan fingerprint density at radius 1 is 1.21 bits per heavy atom. The molecule has 0 radical (unpaired) electrons. The number of hydrogen-bond donors (Lipinski definition) is 0. The maximum Gasteiger partial charge on any atom is 0.262 e. The number of rotatable bonds is 6. The first kappa shape index (κ1) is 20.3. The van der Waals surface area contributed by atoms with Crippen LogP contribution < -0.4 is 0 Å². The van der Waals surface area contributed by atoms with Gasteiger partial charge in [0.1, 0.15) is 6.54 Å². The molecule has 2 aromatic rings. The average Bonchev–Trinajstić information content (AvgIpc) is 3.43. The molecule has 0 saturated carbocycles. The van der Waals surface area contributed by atoms with Crippen molar-refractivity contribution < 1.29 is 19.1 Å². The van der Waals surface area contributed by atoms with E-state index in [0.717, 1.165) is 22.6 Å². The number of amides is 3. The van der Waals surface area contributed by atoms with E-state index in [2.05, 4.69) is 0 Å². The Morgan fingerprint density at radius 2 is 1.90 bits per heavy atom. The topological polar surface area (TPSA) is 66.9 Å². The first-order valence-electron chi connectivity index (χ1n) is 9.21. The van der Waals surface area contributed by atoms with Crippen LogP contribution in [0, 0.1) is 0 Å². The third kappa shape index (κ3) is 4.19. The second kappa shape index (κ2) is 8.44. The molecule has 0 spiro atoms. The standard InChI is InChI=1S/C20H18Cl2N2O4S/c21-16-7-14-15(8-17(16)22)20(27)24(19(14)26)11-18(25)23(9-12-3-1-5-28-12)10-13-4-2-6-29-13/h2,4,6-8,12H,1,3,5,9-11H2. The molecule has 1 fully saturated rings. The lowest BCUT2D eigenvalue weighted by molar-refractivity contribution is -0.133. The van der Waals surface area contributed by atoms with Crippen molar-refractivity contribution in [2.75, 3.05) is 19.7 Å². The Morgan fingerprint density at radius 3 is 2.45 bits per heavy atom. The minimum atomic E-state index is -0.537. The van der Waals surface area contributed by atoms with Gasteiger partial charge in [0.2, 0.25) is 5.91 Å². The van der Waals surface area contributed by atoms with Gasteiger partial charge in [-0.15, -0.1) is 11.3 Å². The molecule has 0 N–H and O–H groups in total. The Hall–Kier alpha value is -1.93. The summed E-state index contributed by atoms with van der Waals surface area (Å²) in [5.41, 5.74) is 0.335. The minimum absolute atomic E-state index is 0.0290. The molecular formula is C20H18Cl2N2O4S. The molecule has 2 aliphatic heterocycles. The van der Waals surface area contributed by atoms with Gasteiger partial charge >= 0.3 is 0 Å². The zero-order valence-electron chi connectivity index (χ0n) is 15.4. The Labute approximate surface area is 181 Å². The van der Waals surface area contributed by atoms with E-state index in [4.69, 9.17) is 27.9 Å². The molecule has 1 atom stereocenters. The predicted molar refractivity (Wildman–Crippen MR) is 111 cm³/mol. The second-order valence-corrected chi connectivity index (χ2v) is 8.84. The molecular weight excluding hydrogens is 435 g/mol. The summed E-state index contributed by atoms with van der Waals surface area (Å²) in [5.74, 6) is -1.38. The summed E-state index contributed by atoms with van der Waals surface area (Å²) in [6.45, 7) is 1.19. The maximum absolute atomic E-state index is 13.1. The summed E-state index contributed by atoms with van der Waals surface area (Å²) < 4.78 is 5.67. The fourth-order valence-corrected chi connectivity index (χ4v) is 4.59. The number of nitrogens with zero attached hydrogens (tertiary/aromatic N) is 2. The first-order valence-corrected chi connectivity index (χ1v) is 10.8. The van der Waals surface area contributed by atoms with E-state index in [1.165, 1.54) is 12.1 Å². The van der Waals surface area contributed by atoms with Crippen LogP contribution in [0.15, 0.2) is 29.6 Å². The highest BCUT2D eigenvalue weighted by Crippen LogP contribution is 2.31. The maximum atomic E-state index is 13.1. The third-order valence-electron chi connectivity index (χ3n) is 5.03. The highest BCUT2D eigenvalue weighted by atomic mass is 35.5. The van der Waals surface area contributed by atoms with Gasteiger partial charge < -0.3 is 9.64 Å². The van der Waals surface area contributed by atoms with Crippen LogP contribution in [0.1, 0.15) is 38.4 Å². The van der Waals surface area contributed by atoms with Gasteiger partial charge in [-0.3, -0.25) is 19.3 Å². The molecule has 152 valence electrons. The number of ether oxygens (including phenoxy) is 1. The quantitative estimate of drug-likeness (QED) is 0.624. The summed E-state index contributed by atoms with van der Waals surface area (Å²) in [7, 11) is 0. The second-order valence-electron chi connectivity index (χ2n) is 7.00. The first-order chi connectivity index (χ1) is 13.9. The largest absolute Gasteiger partial charge is 0.376 e. The number of carbonyl (C=O) groups excluding carboxylic acids is 3. The zero-order valence-corrected chi connectivity index (χ0v) is 17.7. The lowest BCUT2D eigenvalue weighted by Crippen LogP contribution is -2.44. The molecule has 6 nitrogen and oxygen atoms in total. The SMILES string of the molecule is O=C(CN1C(=O)c2cc(Cl)c(Cl)cc2C1=O)N(Cc1cccs1)CC1CCCO1. The van der Waals surface area contributed by atoms with Crippen molar-refractivity contribution in [1.29, 1.82) is 0 Å². The Kier molecular flexibility index (Phi) is 5.92. The molecule has 2 aliphatic rings. The van der Waals surface area contributed by atoms with E-state index >= 15 is 0 Å². The van der Waals surface area contributed by atoms with Gasteiger partial charge in [0, 0.05) is 18.0 Å². The highest BCUT2D eigenvalue weighted by molar-refractivity contribution is 7.09. The lowest BCUT2D eigenvalue weighted by atomic mass is 10.1. The molecule has 1 aromatic heterocycles. The number of carbonyl (C=O) groups is 3. The molecule has 4 rings (SSSR count). The van der Waals surface area contributed by atoms with E-state index in [1.807, 2.05) is 17.5 Å². The smallest absolute Gasteiger partial charge is 0.262 e. The van der Waals surface area contributed by atoms with Crippen molar-refractivity contribution >= 4 is 52.3 Å². The van der Waals surface area contributed by atoms with Crippen molar-refractivity contribution in [3.8, 4) is 0 Å². The van der Waals surface area contributed by atoms with Gasteiger partial charge in [-0.2, -0.15) is 0 Å². The van der Waals surface area contributed by atoms with E-state index in [1.54, 1.807) is 16.2 Å². The zero-order chi connectivity index (χ0) is 20.5. The van der Waals surface area contributed by atoms with Crippen molar-refractivity contribution in [2.24, 2.45) is 0 Å². The van der Waals surface area contributed by atoms with Crippen molar-refractivity contribution in [2.45, 2.75) is 25.5 Å². The van der Waals surface area contributed by atoms with Gasteiger partial charge in [0.25, 0.3) is 11.8 Å². The van der Waals surface area contributed by atoms with Gasteiger partial charge in [0.05, 0.1) is 33.8 Å². The van der Waals surface area contributed by atoms with Gasteiger partial charge in [-0.05, 0) is 36.4 Å². The summed E-state index contributed by atoms with van der Waals surface area (Å²) in [6.07, 6.45) is 1.82. The van der Waals surface area contributed by atoms with E-state index < -0.39 is 11.8 Å². The summed E-state index contributed by atoms with van der Waals surface area (Å²) in [6, 6.07) is 6.62. The van der Waals surface area contributed by atoms with Crippen LogP contribution in [0.5, 0.6) is 0 Å². The van der Waals surface area contributed by atoms with Crippen LogP contribution >= 0.6 is 34.5 Å². The average molecular weight is 453 g/mol. The molecule has 1 aromatic carbocycles. The summed E-state index contributed by atoms with van der Waals surface area (Å²) in [4.78, 5) is 42.1. The van der Waals surface area contributed by atoms with Crippen molar-refractivity contribution in [1.82, 2.24) is 9.80 Å². The van der Waals surface area contributed by atoms with Crippen LogP contribution in [-0.4, -0.2) is 53.3 Å². The minimum Gasteiger partial charge on any atom is -0.376 e. The van der Waals surface area contributed by atoms with E-state index in [-0.39, 0.29) is 39.7 Å². The van der Waals surface area contributed by atoms with E-state index in [0.29, 0.717) is 19.7 Å². The molecule has 1 saturated heterocycles. The van der Waals surface area contributed by atoms with Crippen LogP contribution in [0.3, 0.4) is 0 Å². The molecule has 0 bridgehead atoms. The predicted octanol–water partition coefficient (Wildman–Crippen LogP) is 3.86. The molecule has 3 heterocycles. The number of halogens is 2. The van der Waals surface area contributed by atoms with Crippen LogP contribution in [0.25, 0.3) is 0 Å². The fourth-order valence-electron chi connectivity index (χ4n) is 3.54. The van der Waals surface area contributed by atoms with Crippen LogP contribution in [0.4, 0.5) is 0 Å². The van der Waals surface area contributed by atoms with E-state index in [9.17, 15) is 14.4 Å². The number of thiophene rings is 1. The highest BCUT2D eigenvalue weighted by Gasteiger charge is 2.38. The van der Waals surface area contributed by atoms with Gasteiger partial charge in [0.15, 0.2) is 0 Å². The Balaban J connectivity index is 1.52. The molecule has 0 aliphatic carbocycles. The number of imide groups is 1. The molecule has 3 amide bonds. The lowest BCUT2D eigenvalue weighted by Gasteiger charge is -2.26. The van der Waals surface area contributed by atoms with Crippen molar-refractivity contribution in [3.05, 3.63) is 55.7 Å². The van der Waals surface area contributed by atoms with Crippen LogP contribution in [0.2, 0.25) is 10.0 Å². The molecule has 29 heavy (non-hydrogen) atoms. The van der Waals surface area contributed by atoms with Crippen LogP contribution in [-0.2, 0) is 16.1 Å². The fraction of sp³-hybridized carbons (Fsp3) is 0.350. The number of benzene rings is 1. The van der Waals surface area contributed by atoms with Crippen molar-refractivity contribution in [3.63, 3.8) is 0 Å². The van der Waals surface area contributed by atoms with Gasteiger partial charge in [-0.25, -0.2) is 0 Å². The number of fused-ring (bicyclic) bond motifs is 1. The monoisotopic (exact) mass is 452 g/mol. The van der Waals surface area contributed by atoms with Gasteiger partial charge in [-0.1, -0.05) is 29.3 Å². The summed E-state index contributed by atoms with van der Waals surface area (Å²) in [5, 5.41) is 2.33. The molecule has 9 heteroatoms. The number of hydrogen-bond acceptors (Lipinski definition) is 5.